The first-order valence-electron chi connectivity index (χ1n) is 4.82. The molecule has 1 aromatic heterocycles. The molecule has 0 bridgehead atoms. The number of benzene rings is 1. The third-order valence-corrected chi connectivity index (χ3v) is 4.09. The van der Waals surface area contributed by atoms with Crippen molar-refractivity contribution in [3.05, 3.63) is 51.2 Å². The number of phenolic OH excluding ortho intramolecular Hbond substituents is 1. The summed E-state index contributed by atoms with van der Waals surface area (Å²) in [5.41, 5.74) is -0.0533. The fraction of sp³-hybridized carbons (Fsp3) is 0. The first kappa shape index (κ1) is 12.8. The van der Waals surface area contributed by atoms with Crippen molar-refractivity contribution in [1.29, 1.82) is 0 Å². The maximum atomic E-state index is 10.9. The standard InChI is InChI=1S/C11H7BrN2O3S/c12-9-5-13-6-10(14(16)17)11(9)18-8-3-1-7(15)2-4-8/h1-6,15H. The van der Waals surface area contributed by atoms with Crippen molar-refractivity contribution in [2.45, 2.75) is 9.79 Å². The van der Waals surface area contributed by atoms with Gasteiger partial charge in [0.25, 0.3) is 0 Å². The van der Waals surface area contributed by atoms with E-state index in [1.165, 1.54) is 36.3 Å². The zero-order valence-corrected chi connectivity index (χ0v) is 11.3. The third-order valence-electron chi connectivity index (χ3n) is 2.09. The molecule has 5 nitrogen and oxygen atoms in total. The van der Waals surface area contributed by atoms with Gasteiger partial charge < -0.3 is 5.11 Å². The van der Waals surface area contributed by atoms with Gasteiger partial charge in [-0.3, -0.25) is 15.1 Å². The van der Waals surface area contributed by atoms with E-state index < -0.39 is 4.92 Å². The lowest BCUT2D eigenvalue weighted by atomic mass is 10.3. The molecular formula is C11H7BrN2O3S. The van der Waals surface area contributed by atoms with Crippen LogP contribution in [0.3, 0.4) is 0 Å². The highest BCUT2D eigenvalue weighted by molar-refractivity contribution is 9.10. The van der Waals surface area contributed by atoms with E-state index in [1.54, 1.807) is 12.1 Å². The van der Waals surface area contributed by atoms with Crippen molar-refractivity contribution < 1.29 is 10.0 Å². The highest BCUT2D eigenvalue weighted by Gasteiger charge is 2.18. The van der Waals surface area contributed by atoms with E-state index in [0.717, 1.165) is 4.90 Å². The Kier molecular flexibility index (Phi) is 3.83. The number of rotatable bonds is 3. The highest BCUT2D eigenvalue weighted by atomic mass is 79.9. The molecule has 18 heavy (non-hydrogen) atoms. The summed E-state index contributed by atoms with van der Waals surface area (Å²) in [6.07, 6.45) is 2.73. The van der Waals surface area contributed by atoms with Gasteiger partial charge in [-0.1, -0.05) is 11.8 Å². The normalized spacial score (nSPS) is 10.3. The SMILES string of the molecule is O=[N+]([O-])c1cncc(Br)c1Sc1ccc(O)cc1. The van der Waals surface area contributed by atoms with Crippen molar-refractivity contribution in [1.82, 2.24) is 4.98 Å². The molecule has 0 amide bonds. The maximum absolute atomic E-state index is 10.9. The van der Waals surface area contributed by atoms with E-state index in [0.29, 0.717) is 9.37 Å². The van der Waals surface area contributed by atoms with Gasteiger partial charge >= 0.3 is 5.69 Å². The van der Waals surface area contributed by atoms with Crippen LogP contribution in [0.25, 0.3) is 0 Å². The summed E-state index contributed by atoms with van der Waals surface area (Å²) in [6.45, 7) is 0. The quantitative estimate of drug-likeness (QED) is 0.688. The van der Waals surface area contributed by atoms with Crippen LogP contribution in [0.15, 0.2) is 50.9 Å². The van der Waals surface area contributed by atoms with E-state index in [4.69, 9.17) is 0 Å². The Balaban J connectivity index is 2.39. The second kappa shape index (κ2) is 5.36. The van der Waals surface area contributed by atoms with Crippen LogP contribution in [0, 0.1) is 10.1 Å². The number of halogens is 1. The molecule has 7 heteroatoms. The lowest BCUT2D eigenvalue weighted by Gasteiger charge is -2.04. The van der Waals surface area contributed by atoms with Crippen molar-refractivity contribution in [3.8, 4) is 5.75 Å². The van der Waals surface area contributed by atoms with Gasteiger partial charge in [0.1, 0.15) is 16.8 Å². The molecule has 0 fully saturated rings. The van der Waals surface area contributed by atoms with E-state index in [1.807, 2.05) is 0 Å². The Hall–Kier alpha value is -1.60. The molecule has 0 saturated heterocycles. The van der Waals surface area contributed by atoms with Crippen molar-refractivity contribution in [2.75, 3.05) is 0 Å². The predicted octanol–water partition coefficient (Wildman–Crippen LogP) is 3.61. The van der Waals surface area contributed by atoms with Crippen LogP contribution in [0.5, 0.6) is 5.75 Å². The summed E-state index contributed by atoms with van der Waals surface area (Å²) in [6, 6.07) is 6.44. The van der Waals surface area contributed by atoms with Gasteiger partial charge in [-0.05, 0) is 40.2 Å². The molecule has 0 spiro atoms. The van der Waals surface area contributed by atoms with E-state index >= 15 is 0 Å². The van der Waals surface area contributed by atoms with Gasteiger partial charge in [-0.15, -0.1) is 0 Å². The molecule has 0 radical (unpaired) electrons. The fourth-order valence-electron chi connectivity index (χ4n) is 1.28. The second-order valence-electron chi connectivity index (χ2n) is 3.32. The van der Waals surface area contributed by atoms with Crippen molar-refractivity contribution in [3.63, 3.8) is 0 Å². The number of pyridine rings is 1. The number of nitrogens with zero attached hydrogens (tertiary/aromatic N) is 2. The van der Waals surface area contributed by atoms with Crippen LogP contribution < -0.4 is 0 Å². The van der Waals surface area contributed by atoms with Gasteiger partial charge in [0.2, 0.25) is 0 Å². The van der Waals surface area contributed by atoms with Crippen molar-refractivity contribution >= 4 is 33.4 Å². The smallest absolute Gasteiger partial charge is 0.302 e. The van der Waals surface area contributed by atoms with Gasteiger partial charge in [-0.2, -0.15) is 0 Å². The van der Waals surface area contributed by atoms with Crippen molar-refractivity contribution in [2.24, 2.45) is 0 Å². The first-order chi connectivity index (χ1) is 8.58. The van der Waals surface area contributed by atoms with Crippen LogP contribution >= 0.6 is 27.7 Å². The number of hydrogen-bond acceptors (Lipinski definition) is 5. The number of aromatic nitrogens is 1. The molecule has 0 unspecified atom stereocenters. The van der Waals surface area contributed by atoms with Crippen LogP contribution in [0.4, 0.5) is 5.69 Å². The summed E-state index contributed by atoms with van der Waals surface area (Å²) in [7, 11) is 0. The van der Waals surface area contributed by atoms with E-state index in [-0.39, 0.29) is 11.4 Å². The molecule has 2 rings (SSSR count). The van der Waals surface area contributed by atoms with Gasteiger partial charge in [0.05, 0.1) is 9.40 Å². The van der Waals surface area contributed by atoms with Gasteiger partial charge in [0.15, 0.2) is 0 Å². The van der Waals surface area contributed by atoms with Gasteiger partial charge in [0, 0.05) is 11.1 Å². The Morgan fingerprint density at radius 2 is 1.94 bits per heavy atom. The molecule has 1 N–H and O–H groups in total. The third kappa shape index (κ3) is 2.80. The Morgan fingerprint density at radius 3 is 2.56 bits per heavy atom. The van der Waals surface area contributed by atoms with E-state index in [9.17, 15) is 15.2 Å². The molecule has 0 saturated carbocycles. The molecule has 1 aromatic carbocycles. The summed E-state index contributed by atoms with van der Waals surface area (Å²) in [4.78, 5) is 15.5. The molecule has 0 atom stereocenters. The average Bonchev–Trinajstić information content (AvgIpc) is 2.34. The highest BCUT2D eigenvalue weighted by Crippen LogP contribution is 2.39. The Bertz CT molecular complexity index is 589. The minimum atomic E-state index is -0.472. The summed E-state index contributed by atoms with van der Waals surface area (Å²) in [5, 5.41) is 20.1. The Morgan fingerprint density at radius 1 is 1.28 bits per heavy atom. The number of nitro groups is 1. The van der Waals surface area contributed by atoms with Crippen LogP contribution in [0.1, 0.15) is 0 Å². The largest absolute Gasteiger partial charge is 0.508 e. The van der Waals surface area contributed by atoms with Crippen LogP contribution in [-0.4, -0.2) is 15.0 Å². The number of phenols is 1. The average molecular weight is 327 g/mol. The molecular weight excluding hydrogens is 320 g/mol. The molecule has 0 aliphatic heterocycles. The molecule has 2 aromatic rings. The molecule has 92 valence electrons. The monoisotopic (exact) mass is 326 g/mol. The van der Waals surface area contributed by atoms with Crippen LogP contribution in [0.2, 0.25) is 0 Å². The topological polar surface area (TPSA) is 76.3 Å². The Labute approximate surface area is 115 Å². The number of hydrogen-bond donors (Lipinski definition) is 1. The summed E-state index contributed by atoms with van der Waals surface area (Å²) in [5.74, 6) is 0.155. The fourth-order valence-corrected chi connectivity index (χ4v) is 2.73. The van der Waals surface area contributed by atoms with Gasteiger partial charge in [-0.25, -0.2) is 0 Å². The second-order valence-corrected chi connectivity index (χ2v) is 5.26. The summed E-state index contributed by atoms with van der Waals surface area (Å²) < 4.78 is 0.565. The van der Waals surface area contributed by atoms with Crippen LogP contribution in [-0.2, 0) is 0 Å². The minimum absolute atomic E-state index is 0.0533. The number of aromatic hydroxyl groups is 1. The molecule has 0 aliphatic rings. The zero-order chi connectivity index (χ0) is 13.1. The van der Waals surface area contributed by atoms with E-state index in [2.05, 4.69) is 20.9 Å². The lowest BCUT2D eigenvalue weighted by molar-refractivity contribution is -0.388. The molecule has 1 heterocycles. The first-order valence-corrected chi connectivity index (χ1v) is 6.43. The zero-order valence-electron chi connectivity index (χ0n) is 8.91. The predicted molar refractivity (Wildman–Crippen MR) is 70.8 cm³/mol. The lowest BCUT2D eigenvalue weighted by Crippen LogP contribution is -1.92. The maximum Gasteiger partial charge on any atom is 0.302 e. The minimum Gasteiger partial charge on any atom is -0.508 e. The molecule has 0 aliphatic carbocycles. The summed E-state index contributed by atoms with van der Waals surface area (Å²) >= 11 is 4.49.